The van der Waals surface area contributed by atoms with E-state index >= 15 is 0 Å². The molecule has 2 aromatic rings. The van der Waals surface area contributed by atoms with E-state index < -0.39 is 16.1 Å². The number of nitrogens with zero attached hydrogens (tertiary/aromatic N) is 6. The third-order valence-electron chi connectivity index (χ3n) is 5.03. The van der Waals surface area contributed by atoms with Crippen molar-refractivity contribution in [1.82, 2.24) is 19.1 Å². The van der Waals surface area contributed by atoms with Crippen molar-refractivity contribution in [2.24, 2.45) is 5.16 Å². The van der Waals surface area contributed by atoms with Crippen LogP contribution in [-0.2, 0) is 22.9 Å². The molecule has 0 radical (unpaired) electrons. The Morgan fingerprint density at radius 3 is 1.82 bits per heavy atom. The molecule has 1 N–H and O–H groups in total. The lowest BCUT2D eigenvalue weighted by Crippen LogP contribution is -2.22. The van der Waals surface area contributed by atoms with Crippen molar-refractivity contribution in [3.63, 3.8) is 0 Å². The minimum Gasteiger partial charge on any atom is -0.411 e. The van der Waals surface area contributed by atoms with Gasteiger partial charge in [-0.3, -0.25) is 14.2 Å². The summed E-state index contributed by atoms with van der Waals surface area (Å²) >= 11 is 0. The molecular formula is C27H50N6O5Si2. The molecule has 0 spiro atoms. The van der Waals surface area contributed by atoms with E-state index in [4.69, 9.17) is 21.3 Å². The predicted molar refractivity (Wildman–Crippen MR) is 165 cm³/mol. The van der Waals surface area contributed by atoms with Crippen molar-refractivity contribution in [1.29, 1.82) is 5.26 Å². The number of nitriles is 1. The molecule has 0 bridgehead atoms. The van der Waals surface area contributed by atoms with Gasteiger partial charge in [0.05, 0.1) is 0 Å². The van der Waals surface area contributed by atoms with Gasteiger partial charge in [-0.2, -0.15) is 5.26 Å². The monoisotopic (exact) mass is 595 g/mol. The van der Waals surface area contributed by atoms with Gasteiger partial charge in [-0.25, -0.2) is 9.97 Å². The molecule has 226 valence electrons. The minimum atomic E-state index is -1.11. The van der Waals surface area contributed by atoms with Crippen LogP contribution in [0.3, 0.4) is 0 Å². The highest BCUT2D eigenvalue weighted by molar-refractivity contribution is 6.76. The van der Waals surface area contributed by atoms with Gasteiger partial charge in [0.25, 0.3) is 0 Å². The quantitative estimate of drug-likeness (QED) is 0.0726. The number of hydrogen-bond acceptors (Lipinski definition) is 9. The number of carbonyl (C=O) groups excluding carboxylic acids is 2. The maximum absolute atomic E-state index is 11.3. The zero-order valence-electron chi connectivity index (χ0n) is 25.9. The second kappa shape index (κ2) is 19.2. The number of aromatic nitrogens is 4. The number of oxime groups is 1. The summed E-state index contributed by atoms with van der Waals surface area (Å²) in [5.41, 5.74) is 0.643. The van der Waals surface area contributed by atoms with Crippen LogP contribution < -0.4 is 0 Å². The SMILES string of the molecule is C.CC(=O)c1cn(COCC[Si](C)(C)C)c(/C=N/O)n1.CC(=O)c1cn(COCC[Si](C)(C)C)c(C#N)n1.[2H]CC. The van der Waals surface area contributed by atoms with Gasteiger partial charge < -0.3 is 19.2 Å². The summed E-state index contributed by atoms with van der Waals surface area (Å²) < 4.78 is 20.5. The fourth-order valence-corrected chi connectivity index (χ4v) is 4.23. The molecule has 0 atom stereocenters. The first-order valence-electron chi connectivity index (χ1n) is 13.5. The number of ether oxygens (including phenoxy) is 2. The summed E-state index contributed by atoms with van der Waals surface area (Å²) in [6, 6.07) is 4.10. The topological polar surface area (TPSA) is 145 Å². The van der Waals surface area contributed by atoms with Crippen LogP contribution >= 0.6 is 0 Å². The van der Waals surface area contributed by atoms with E-state index in [0.29, 0.717) is 44.1 Å². The fourth-order valence-electron chi connectivity index (χ4n) is 2.71. The van der Waals surface area contributed by atoms with Crippen LogP contribution in [0, 0.1) is 11.3 Å². The zero-order chi connectivity index (χ0) is 30.9. The van der Waals surface area contributed by atoms with Crippen molar-refractivity contribution < 1.29 is 25.6 Å². The Balaban J connectivity index is 0. The van der Waals surface area contributed by atoms with Crippen LogP contribution in [0.5, 0.6) is 0 Å². The van der Waals surface area contributed by atoms with Crippen molar-refractivity contribution in [2.75, 3.05) is 13.2 Å². The second-order valence-corrected chi connectivity index (χ2v) is 22.3. The Morgan fingerprint density at radius 1 is 1.00 bits per heavy atom. The lowest BCUT2D eigenvalue weighted by molar-refractivity contribution is 0.0863. The van der Waals surface area contributed by atoms with Gasteiger partial charge in [-0.1, -0.05) is 65.7 Å². The molecule has 0 unspecified atom stereocenters. The van der Waals surface area contributed by atoms with Crippen LogP contribution in [0.25, 0.3) is 0 Å². The first-order valence-corrected chi connectivity index (χ1v) is 20.2. The van der Waals surface area contributed by atoms with Crippen LogP contribution in [-0.4, -0.2) is 71.5 Å². The fraction of sp³-hybridized carbons (Fsp3) is 0.630. The van der Waals surface area contributed by atoms with E-state index in [1.54, 1.807) is 28.5 Å². The number of ketones is 2. The molecular weight excluding hydrogens is 545 g/mol. The third-order valence-corrected chi connectivity index (χ3v) is 8.44. The lowest BCUT2D eigenvalue weighted by atomic mass is 10.3. The van der Waals surface area contributed by atoms with E-state index in [9.17, 15) is 9.59 Å². The van der Waals surface area contributed by atoms with Crippen LogP contribution in [0.2, 0.25) is 51.4 Å². The van der Waals surface area contributed by atoms with Crippen molar-refractivity contribution >= 4 is 33.9 Å². The minimum absolute atomic E-state index is 0. The number of hydrogen-bond donors (Lipinski definition) is 1. The van der Waals surface area contributed by atoms with Crippen molar-refractivity contribution in [3.8, 4) is 6.07 Å². The molecule has 2 heterocycles. The van der Waals surface area contributed by atoms with Crippen LogP contribution in [0.4, 0.5) is 0 Å². The van der Waals surface area contributed by atoms with Gasteiger partial charge in [0.15, 0.2) is 17.4 Å². The summed E-state index contributed by atoms with van der Waals surface area (Å²) in [4.78, 5) is 30.4. The van der Waals surface area contributed by atoms with Gasteiger partial charge in [-0.15, -0.1) is 0 Å². The highest BCUT2D eigenvalue weighted by Crippen LogP contribution is 2.10. The number of carbonyl (C=O) groups is 2. The number of rotatable bonds is 13. The average molecular weight is 596 g/mol. The van der Waals surface area contributed by atoms with E-state index in [0.717, 1.165) is 12.1 Å². The van der Waals surface area contributed by atoms with Crippen molar-refractivity contribution in [3.05, 3.63) is 35.4 Å². The van der Waals surface area contributed by atoms with Gasteiger partial charge in [0.2, 0.25) is 5.82 Å². The van der Waals surface area contributed by atoms with Crippen molar-refractivity contribution in [2.45, 2.75) is 99.9 Å². The molecule has 0 saturated heterocycles. The molecule has 40 heavy (non-hydrogen) atoms. The highest BCUT2D eigenvalue weighted by atomic mass is 28.3. The molecule has 0 aliphatic rings. The zero-order valence-corrected chi connectivity index (χ0v) is 26.9. The maximum atomic E-state index is 11.3. The van der Waals surface area contributed by atoms with E-state index in [1.165, 1.54) is 20.1 Å². The van der Waals surface area contributed by atoms with Crippen LogP contribution in [0.1, 0.15) is 69.1 Å². The van der Waals surface area contributed by atoms with E-state index in [-0.39, 0.29) is 31.5 Å². The molecule has 0 amide bonds. The molecule has 13 heteroatoms. The Hall–Kier alpha value is -2.93. The molecule has 0 aliphatic heterocycles. The molecule has 0 aliphatic carbocycles. The van der Waals surface area contributed by atoms with Gasteiger partial charge in [0, 0.05) is 57.0 Å². The predicted octanol–water partition coefficient (Wildman–Crippen LogP) is 6.14. The summed E-state index contributed by atoms with van der Waals surface area (Å²) in [6.45, 7) is 20.8. The maximum Gasteiger partial charge on any atom is 0.215 e. The molecule has 11 nitrogen and oxygen atoms in total. The van der Waals surface area contributed by atoms with E-state index in [2.05, 4.69) is 54.4 Å². The Bertz CT molecular complexity index is 1130. The lowest BCUT2D eigenvalue weighted by Gasteiger charge is -2.15. The summed E-state index contributed by atoms with van der Waals surface area (Å²) in [5.74, 6) is 0.342. The molecule has 0 saturated carbocycles. The van der Waals surface area contributed by atoms with Gasteiger partial charge in [0.1, 0.15) is 37.1 Å². The van der Waals surface area contributed by atoms with Gasteiger partial charge >= 0.3 is 0 Å². The summed E-state index contributed by atoms with van der Waals surface area (Å²) in [6.07, 6.45) is 4.36. The van der Waals surface area contributed by atoms with E-state index in [1.807, 2.05) is 6.07 Å². The molecule has 2 rings (SSSR count). The van der Waals surface area contributed by atoms with Gasteiger partial charge in [-0.05, 0) is 12.1 Å². The Morgan fingerprint density at radius 2 is 1.43 bits per heavy atom. The smallest absolute Gasteiger partial charge is 0.215 e. The Labute approximate surface area is 243 Å². The molecule has 0 fully saturated rings. The molecule has 0 aromatic carbocycles. The van der Waals surface area contributed by atoms with Crippen LogP contribution in [0.15, 0.2) is 17.5 Å². The molecule has 2 aromatic heterocycles. The second-order valence-electron chi connectivity index (χ2n) is 11.0. The highest BCUT2D eigenvalue weighted by Gasteiger charge is 2.15. The Kier molecular flexibility index (Phi) is 17.8. The third kappa shape index (κ3) is 16.2. The first kappa shape index (κ1) is 37.1. The largest absolute Gasteiger partial charge is 0.411 e. The standard InChI is InChI=1S/C12H21N3O3Si.C12H19N3O2Si.C2H6.CH4/c1-10(16)11-8-15(12(14-11)7-13-17)9-18-5-6-19(2,3)4;1-10(16)11-8-15(12(7-13)14-11)9-17-5-6-18(2,3)4;1-2;/h7-8,17H,5-6,9H2,1-4H3;8H,5-6,9H2,1-4H3;1-2H3;1H4/b13-7+;;;/i;;1D;. The first-order chi connectivity index (χ1) is 18.6. The summed E-state index contributed by atoms with van der Waals surface area (Å²) in [7, 11) is -2.21. The number of imidazole rings is 2. The summed E-state index contributed by atoms with van der Waals surface area (Å²) in [5, 5.41) is 20.4. The average Bonchev–Trinajstić information content (AvgIpc) is 3.44. The number of Topliss-reactive ketones (excluding diaryl/α,β-unsaturated/α-hetero) is 2. The normalized spacial score (nSPS) is 11.3.